The van der Waals surface area contributed by atoms with E-state index in [-0.39, 0.29) is 6.10 Å². The highest BCUT2D eigenvalue weighted by Crippen LogP contribution is 2.07. The first-order valence-corrected chi connectivity index (χ1v) is 7.49. The van der Waals surface area contributed by atoms with Crippen molar-refractivity contribution < 1.29 is 14.0 Å². The van der Waals surface area contributed by atoms with Gasteiger partial charge in [0.2, 0.25) is 0 Å². The monoisotopic (exact) mass is 296 g/mol. The maximum Gasteiger partial charge on any atom is 0.191 e. The molecule has 0 bridgehead atoms. The van der Waals surface area contributed by atoms with Crippen molar-refractivity contribution in [2.24, 2.45) is 4.99 Å². The number of aliphatic imine (C=N–C) groups is 1. The predicted molar refractivity (Wildman–Crippen MR) is 79.1 cm³/mol. The topological polar surface area (TPSA) is 80.9 Å². The molecule has 1 atom stereocenters. The zero-order valence-corrected chi connectivity index (χ0v) is 12.5. The summed E-state index contributed by atoms with van der Waals surface area (Å²) in [6, 6.07) is 1.81. The van der Waals surface area contributed by atoms with Gasteiger partial charge in [-0.3, -0.25) is 0 Å². The molecule has 0 radical (unpaired) electrons. The lowest BCUT2D eigenvalue weighted by atomic mass is 10.3. The van der Waals surface area contributed by atoms with Crippen LogP contribution in [0.4, 0.5) is 0 Å². The molecule has 1 aliphatic heterocycles. The van der Waals surface area contributed by atoms with Crippen LogP contribution in [-0.4, -0.2) is 50.1 Å². The summed E-state index contributed by atoms with van der Waals surface area (Å²) in [5.41, 5.74) is 0.816. The highest BCUT2D eigenvalue weighted by Gasteiger charge is 2.15. The fourth-order valence-corrected chi connectivity index (χ4v) is 1.99. The Labute approximate surface area is 125 Å². The lowest BCUT2D eigenvalue weighted by Gasteiger charge is -2.12. The van der Waals surface area contributed by atoms with Crippen LogP contribution >= 0.6 is 0 Å². The van der Waals surface area contributed by atoms with Gasteiger partial charge in [-0.1, -0.05) is 5.16 Å². The third kappa shape index (κ3) is 6.14. The van der Waals surface area contributed by atoms with Gasteiger partial charge in [0.1, 0.15) is 12.0 Å². The van der Waals surface area contributed by atoms with E-state index in [0.717, 1.165) is 57.4 Å². The minimum absolute atomic E-state index is 0.277. The molecule has 0 aromatic carbocycles. The third-order valence-corrected chi connectivity index (χ3v) is 3.09. The van der Waals surface area contributed by atoms with Gasteiger partial charge >= 0.3 is 0 Å². The Morgan fingerprint density at radius 3 is 3.19 bits per heavy atom. The minimum Gasteiger partial charge on any atom is -0.379 e. The zero-order valence-electron chi connectivity index (χ0n) is 12.5. The van der Waals surface area contributed by atoms with Gasteiger partial charge in [0.25, 0.3) is 0 Å². The van der Waals surface area contributed by atoms with Crippen LogP contribution in [0.1, 0.15) is 25.5 Å². The van der Waals surface area contributed by atoms with Crippen LogP contribution in [0.25, 0.3) is 0 Å². The second-order valence-electron chi connectivity index (χ2n) is 4.82. The van der Waals surface area contributed by atoms with Gasteiger partial charge in [-0.05, 0) is 19.8 Å². The molecule has 1 unspecified atom stereocenters. The van der Waals surface area contributed by atoms with Crippen molar-refractivity contribution in [3.63, 3.8) is 0 Å². The van der Waals surface area contributed by atoms with Crippen molar-refractivity contribution in [2.45, 2.75) is 32.4 Å². The van der Waals surface area contributed by atoms with Crippen molar-refractivity contribution in [1.29, 1.82) is 0 Å². The number of nitrogens with one attached hydrogen (secondary N) is 2. The molecule has 1 aliphatic rings. The number of hydrogen-bond acceptors (Lipinski definition) is 5. The molecule has 2 N–H and O–H groups in total. The molecule has 7 heteroatoms. The highest BCUT2D eigenvalue weighted by molar-refractivity contribution is 5.79. The number of hydrogen-bond donors (Lipinski definition) is 2. The normalized spacial score (nSPS) is 18.9. The van der Waals surface area contributed by atoms with Gasteiger partial charge in [0.05, 0.1) is 19.3 Å². The maximum atomic E-state index is 5.72. The second kappa shape index (κ2) is 9.36. The Hall–Kier alpha value is -1.60. The van der Waals surface area contributed by atoms with Crippen LogP contribution in [0.5, 0.6) is 0 Å². The molecular weight excluding hydrogens is 272 g/mol. The SMILES string of the molecule is CCNC(=NCc1ccon1)NCCCOC1CCOC1. The van der Waals surface area contributed by atoms with Crippen molar-refractivity contribution >= 4 is 5.96 Å². The van der Waals surface area contributed by atoms with Crippen LogP contribution in [-0.2, 0) is 16.0 Å². The predicted octanol–water partition coefficient (Wildman–Crippen LogP) is 0.925. The summed E-state index contributed by atoms with van der Waals surface area (Å²) in [5.74, 6) is 0.782. The van der Waals surface area contributed by atoms with Crippen molar-refractivity contribution in [3.8, 4) is 0 Å². The average molecular weight is 296 g/mol. The molecule has 1 fully saturated rings. The molecule has 0 aliphatic carbocycles. The third-order valence-electron chi connectivity index (χ3n) is 3.09. The Balaban J connectivity index is 1.61. The molecule has 118 valence electrons. The Bertz CT molecular complexity index is 402. The van der Waals surface area contributed by atoms with Gasteiger partial charge in [-0.15, -0.1) is 0 Å². The van der Waals surface area contributed by atoms with Crippen molar-refractivity contribution in [1.82, 2.24) is 15.8 Å². The summed E-state index contributed by atoms with van der Waals surface area (Å²) < 4.78 is 15.8. The summed E-state index contributed by atoms with van der Waals surface area (Å²) in [6.07, 6.45) is 3.77. The van der Waals surface area contributed by atoms with Crippen molar-refractivity contribution in [2.75, 3.05) is 32.9 Å². The molecule has 2 heterocycles. The molecule has 2 rings (SSSR count). The first-order chi connectivity index (χ1) is 10.4. The van der Waals surface area contributed by atoms with E-state index in [9.17, 15) is 0 Å². The number of aromatic nitrogens is 1. The lowest BCUT2D eigenvalue weighted by molar-refractivity contribution is 0.0420. The number of ether oxygens (including phenoxy) is 2. The molecular formula is C14H24N4O3. The Morgan fingerprint density at radius 1 is 1.52 bits per heavy atom. The zero-order chi connectivity index (χ0) is 14.8. The van der Waals surface area contributed by atoms with Crippen LogP contribution in [0.15, 0.2) is 21.8 Å². The van der Waals surface area contributed by atoms with Crippen LogP contribution in [0.2, 0.25) is 0 Å². The molecule has 0 saturated carbocycles. The largest absolute Gasteiger partial charge is 0.379 e. The molecule has 1 saturated heterocycles. The second-order valence-corrected chi connectivity index (χ2v) is 4.82. The van der Waals surface area contributed by atoms with Gasteiger partial charge in [0, 0.05) is 32.4 Å². The molecule has 1 aromatic rings. The summed E-state index contributed by atoms with van der Waals surface area (Å²) in [5, 5.41) is 10.3. The van der Waals surface area contributed by atoms with Gasteiger partial charge in [0.15, 0.2) is 5.96 Å². The summed E-state index contributed by atoms with van der Waals surface area (Å²) in [7, 11) is 0. The Kier molecular flexibility index (Phi) is 7.03. The molecule has 7 nitrogen and oxygen atoms in total. The molecule has 0 amide bonds. The van der Waals surface area contributed by atoms with Crippen LogP contribution in [0.3, 0.4) is 0 Å². The summed E-state index contributed by atoms with van der Waals surface area (Å²) >= 11 is 0. The van der Waals surface area contributed by atoms with E-state index in [1.807, 2.05) is 13.0 Å². The fraction of sp³-hybridized carbons (Fsp3) is 0.714. The number of rotatable bonds is 8. The molecule has 21 heavy (non-hydrogen) atoms. The van der Waals surface area contributed by atoms with Gasteiger partial charge in [-0.25, -0.2) is 4.99 Å². The van der Waals surface area contributed by atoms with Gasteiger partial charge < -0.3 is 24.6 Å². The Morgan fingerprint density at radius 2 is 2.48 bits per heavy atom. The van der Waals surface area contributed by atoms with Crippen LogP contribution < -0.4 is 10.6 Å². The van der Waals surface area contributed by atoms with E-state index < -0.39 is 0 Å². The number of nitrogens with zero attached hydrogens (tertiary/aromatic N) is 2. The molecule has 1 aromatic heterocycles. The maximum absolute atomic E-state index is 5.72. The fourth-order valence-electron chi connectivity index (χ4n) is 1.99. The summed E-state index contributed by atoms with van der Waals surface area (Å²) in [6.45, 7) is 6.47. The summed E-state index contributed by atoms with van der Waals surface area (Å²) in [4.78, 5) is 4.44. The number of guanidine groups is 1. The van der Waals surface area contributed by atoms with E-state index in [1.165, 1.54) is 0 Å². The van der Waals surface area contributed by atoms with E-state index in [0.29, 0.717) is 6.54 Å². The van der Waals surface area contributed by atoms with E-state index in [4.69, 9.17) is 14.0 Å². The lowest BCUT2D eigenvalue weighted by Crippen LogP contribution is -2.38. The first-order valence-electron chi connectivity index (χ1n) is 7.49. The van der Waals surface area contributed by atoms with Crippen molar-refractivity contribution in [3.05, 3.63) is 18.0 Å². The first kappa shape index (κ1) is 15.8. The minimum atomic E-state index is 0.277. The van der Waals surface area contributed by atoms with Crippen LogP contribution in [0, 0.1) is 0 Å². The van der Waals surface area contributed by atoms with Gasteiger partial charge in [-0.2, -0.15) is 0 Å². The standard InChI is InChI=1S/C14H24N4O3/c1-2-15-14(17-10-12-4-9-21-18-12)16-6-3-7-20-13-5-8-19-11-13/h4,9,13H,2-3,5-8,10-11H2,1H3,(H2,15,16,17). The highest BCUT2D eigenvalue weighted by atomic mass is 16.5. The van der Waals surface area contributed by atoms with E-state index >= 15 is 0 Å². The smallest absolute Gasteiger partial charge is 0.191 e. The molecule has 0 spiro atoms. The quantitative estimate of drug-likeness (QED) is 0.422. The average Bonchev–Trinajstić information content (AvgIpc) is 3.17. The van der Waals surface area contributed by atoms with E-state index in [1.54, 1.807) is 6.26 Å². The van der Waals surface area contributed by atoms with E-state index in [2.05, 4.69) is 20.8 Å².